The molecule has 0 saturated heterocycles. The maximum atomic E-state index is 6.04. The minimum atomic E-state index is 0.0318. The Morgan fingerprint density at radius 3 is 1.94 bits per heavy atom. The van der Waals surface area contributed by atoms with E-state index in [0.29, 0.717) is 0 Å². The van der Waals surface area contributed by atoms with Crippen molar-refractivity contribution >= 4 is 0 Å². The molecule has 16 heavy (non-hydrogen) atoms. The molecule has 3 atom stereocenters. The first kappa shape index (κ1) is 13.2. The number of rotatable bonds is 5. The van der Waals surface area contributed by atoms with E-state index in [1.54, 1.807) is 0 Å². The Kier molecular flexibility index (Phi) is 4.93. The van der Waals surface area contributed by atoms with Crippen LogP contribution in [0.4, 0.5) is 0 Å². The third-order valence-corrected chi connectivity index (χ3v) is 2.59. The predicted molar refractivity (Wildman–Crippen MR) is 69.0 cm³/mol. The molecule has 3 unspecified atom stereocenters. The number of nitrogens with two attached hydrogens (primary N) is 3. The van der Waals surface area contributed by atoms with Gasteiger partial charge >= 0.3 is 0 Å². The molecule has 0 aliphatic rings. The maximum absolute atomic E-state index is 6.04. The second-order valence-electron chi connectivity index (χ2n) is 4.74. The van der Waals surface area contributed by atoms with Crippen LogP contribution in [0, 0.1) is 0 Å². The van der Waals surface area contributed by atoms with Gasteiger partial charge in [-0.15, -0.1) is 0 Å². The minimum absolute atomic E-state index is 0.0318. The Morgan fingerprint density at radius 1 is 0.938 bits per heavy atom. The monoisotopic (exact) mass is 221 g/mol. The van der Waals surface area contributed by atoms with E-state index in [9.17, 15) is 0 Å². The van der Waals surface area contributed by atoms with Gasteiger partial charge in [-0.1, -0.05) is 24.3 Å². The summed E-state index contributed by atoms with van der Waals surface area (Å²) in [5, 5.41) is 0. The molecular weight excluding hydrogens is 198 g/mol. The quantitative estimate of drug-likeness (QED) is 0.701. The van der Waals surface area contributed by atoms with Gasteiger partial charge in [0.15, 0.2) is 0 Å². The first-order valence-corrected chi connectivity index (χ1v) is 5.84. The fourth-order valence-corrected chi connectivity index (χ4v) is 1.81. The van der Waals surface area contributed by atoms with E-state index in [1.807, 2.05) is 13.8 Å². The lowest BCUT2D eigenvalue weighted by molar-refractivity contribution is 0.568. The summed E-state index contributed by atoms with van der Waals surface area (Å²) in [6, 6.07) is 8.71. The second kappa shape index (κ2) is 5.99. The Balaban J connectivity index is 2.63. The van der Waals surface area contributed by atoms with Gasteiger partial charge in [-0.05, 0) is 37.8 Å². The highest BCUT2D eigenvalue weighted by Crippen LogP contribution is 2.16. The van der Waals surface area contributed by atoms with Gasteiger partial charge in [0.25, 0.3) is 0 Å². The van der Waals surface area contributed by atoms with Gasteiger partial charge in [0.05, 0.1) is 0 Å². The van der Waals surface area contributed by atoms with Crippen LogP contribution in [0.15, 0.2) is 24.3 Å². The molecule has 1 rings (SSSR count). The van der Waals surface area contributed by atoms with Crippen molar-refractivity contribution in [1.29, 1.82) is 0 Å². The normalized spacial score (nSPS) is 16.8. The molecule has 90 valence electrons. The second-order valence-corrected chi connectivity index (χ2v) is 4.74. The van der Waals surface area contributed by atoms with Crippen molar-refractivity contribution in [3.05, 3.63) is 35.4 Å². The van der Waals surface area contributed by atoms with Gasteiger partial charge in [0.2, 0.25) is 0 Å². The average Bonchev–Trinajstić information content (AvgIpc) is 2.16. The first-order chi connectivity index (χ1) is 7.49. The summed E-state index contributed by atoms with van der Waals surface area (Å²) in [6.07, 6.45) is 1.72. The van der Waals surface area contributed by atoms with Crippen molar-refractivity contribution in [3.8, 4) is 0 Å². The van der Waals surface area contributed by atoms with Crippen molar-refractivity contribution in [2.45, 2.75) is 44.8 Å². The molecule has 0 bridgehead atoms. The summed E-state index contributed by atoms with van der Waals surface area (Å²) in [4.78, 5) is 0. The van der Waals surface area contributed by atoms with Crippen LogP contribution in [-0.4, -0.2) is 12.1 Å². The molecule has 0 spiro atoms. The predicted octanol–water partition coefficient (Wildman–Crippen LogP) is 1.31. The number of hydrogen-bond acceptors (Lipinski definition) is 3. The molecule has 0 aromatic heterocycles. The zero-order chi connectivity index (χ0) is 12.1. The molecule has 3 heteroatoms. The minimum Gasteiger partial charge on any atom is -0.328 e. The smallest absolute Gasteiger partial charge is 0.0309 e. The lowest BCUT2D eigenvalue weighted by atomic mass is 9.98. The summed E-state index contributed by atoms with van der Waals surface area (Å²) >= 11 is 0. The molecule has 0 aliphatic heterocycles. The van der Waals surface area contributed by atoms with Crippen molar-refractivity contribution in [1.82, 2.24) is 0 Å². The fraction of sp³-hybridized carbons (Fsp3) is 0.538. The lowest BCUT2D eigenvalue weighted by Gasteiger charge is -2.15. The van der Waals surface area contributed by atoms with E-state index < -0.39 is 0 Å². The van der Waals surface area contributed by atoms with E-state index in [2.05, 4.69) is 24.3 Å². The molecule has 0 radical (unpaired) electrons. The Bertz CT molecular complexity index is 303. The van der Waals surface area contributed by atoms with Crippen molar-refractivity contribution < 1.29 is 0 Å². The van der Waals surface area contributed by atoms with Crippen LogP contribution in [-0.2, 0) is 6.42 Å². The molecule has 0 heterocycles. The lowest BCUT2D eigenvalue weighted by Crippen LogP contribution is -2.23. The molecule has 1 aromatic rings. The van der Waals surface area contributed by atoms with Crippen molar-refractivity contribution in [2.24, 2.45) is 17.2 Å². The van der Waals surface area contributed by atoms with E-state index in [-0.39, 0.29) is 18.1 Å². The average molecular weight is 221 g/mol. The maximum Gasteiger partial charge on any atom is 0.0309 e. The van der Waals surface area contributed by atoms with Gasteiger partial charge < -0.3 is 17.2 Å². The van der Waals surface area contributed by atoms with Crippen LogP contribution in [0.2, 0.25) is 0 Å². The van der Waals surface area contributed by atoms with Crippen LogP contribution in [0.25, 0.3) is 0 Å². The van der Waals surface area contributed by atoms with Gasteiger partial charge in [0, 0.05) is 18.1 Å². The van der Waals surface area contributed by atoms with E-state index in [0.717, 1.165) is 18.4 Å². The largest absolute Gasteiger partial charge is 0.328 e. The summed E-state index contributed by atoms with van der Waals surface area (Å²) in [5.74, 6) is 0. The molecule has 0 aliphatic carbocycles. The highest BCUT2D eigenvalue weighted by atomic mass is 14.7. The zero-order valence-corrected chi connectivity index (χ0v) is 10.2. The highest BCUT2D eigenvalue weighted by molar-refractivity contribution is 5.25. The first-order valence-electron chi connectivity index (χ1n) is 5.84. The molecule has 0 amide bonds. The molecule has 1 aromatic carbocycles. The summed E-state index contributed by atoms with van der Waals surface area (Å²) in [6.45, 7) is 3.99. The van der Waals surface area contributed by atoms with Crippen LogP contribution >= 0.6 is 0 Å². The van der Waals surface area contributed by atoms with E-state index >= 15 is 0 Å². The molecular formula is C13H23N3. The Morgan fingerprint density at radius 2 is 1.50 bits per heavy atom. The van der Waals surface area contributed by atoms with Crippen LogP contribution in [0.5, 0.6) is 0 Å². The Labute approximate surface area is 98.0 Å². The van der Waals surface area contributed by atoms with Gasteiger partial charge in [0.1, 0.15) is 0 Å². The van der Waals surface area contributed by atoms with Crippen molar-refractivity contribution in [3.63, 3.8) is 0 Å². The molecule has 3 nitrogen and oxygen atoms in total. The fourth-order valence-electron chi connectivity index (χ4n) is 1.81. The van der Waals surface area contributed by atoms with Gasteiger partial charge in [-0.3, -0.25) is 0 Å². The summed E-state index contributed by atoms with van der Waals surface area (Å²) < 4.78 is 0. The molecule has 0 saturated carbocycles. The summed E-state index contributed by atoms with van der Waals surface area (Å²) in [5.41, 5.74) is 19.9. The Hall–Kier alpha value is -0.900. The number of hydrogen-bond donors (Lipinski definition) is 3. The van der Waals surface area contributed by atoms with E-state index in [4.69, 9.17) is 17.2 Å². The third-order valence-electron chi connectivity index (χ3n) is 2.59. The van der Waals surface area contributed by atoms with Crippen LogP contribution < -0.4 is 17.2 Å². The zero-order valence-electron chi connectivity index (χ0n) is 10.2. The van der Waals surface area contributed by atoms with Gasteiger partial charge in [-0.25, -0.2) is 0 Å². The highest BCUT2D eigenvalue weighted by Gasteiger charge is 2.08. The standard InChI is InChI=1S/C13H23N3/c1-9(14)7-11-3-5-12(6-4-11)13(16)8-10(2)15/h3-6,9-10,13H,7-8,14-16H2,1-2H3. The van der Waals surface area contributed by atoms with E-state index in [1.165, 1.54) is 5.56 Å². The van der Waals surface area contributed by atoms with Crippen LogP contribution in [0.1, 0.15) is 37.4 Å². The number of benzene rings is 1. The summed E-state index contributed by atoms with van der Waals surface area (Å²) in [7, 11) is 0. The SMILES string of the molecule is CC(N)Cc1ccc(C(N)CC(C)N)cc1. The molecule has 6 N–H and O–H groups in total. The third kappa shape index (κ3) is 4.31. The molecule has 0 fully saturated rings. The van der Waals surface area contributed by atoms with Gasteiger partial charge in [-0.2, -0.15) is 0 Å². The topological polar surface area (TPSA) is 78.1 Å². The van der Waals surface area contributed by atoms with Crippen molar-refractivity contribution in [2.75, 3.05) is 0 Å². The van der Waals surface area contributed by atoms with Crippen LogP contribution in [0.3, 0.4) is 0 Å².